The number of fused-ring (bicyclic) bond motifs is 1. The van der Waals surface area contributed by atoms with E-state index in [9.17, 15) is 9.59 Å². The molecule has 1 aliphatic rings. The summed E-state index contributed by atoms with van der Waals surface area (Å²) in [6, 6.07) is 1.94. The van der Waals surface area contributed by atoms with Crippen LogP contribution in [0.15, 0.2) is 18.7 Å². The predicted molar refractivity (Wildman–Crippen MR) is 70.4 cm³/mol. The molecule has 0 N–H and O–H groups in total. The summed E-state index contributed by atoms with van der Waals surface area (Å²) in [6.07, 6.45) is 1.46. The van der Waals surface area contributed by atoms with Gasteiger partial charge in [-0.3, -0.25) is 4.79 Å². The molecule has 2 rings (SSSR count). The third kappa shape index (κ3) is 2.52. The molecule has 0 spiro atoms. The van der Waals surface area contributed by atoms with Crippen LogP contribution in [0.2, 0.25) is 0 Å². The highest BCUT2D eigenvalue weighted by Crippen LogP contribution is 2.34. The first kappa shape index (κ1) is 13.3. The lowest BCUT2D eigenvalue weighted by Gasteiger charge is -2.22. The van der Waals surface area contributed by atoms with Crippen LogP contribution in [0.5, 0.6) is 5.75 Å². The third-order valence-corrected chi connectivity index (χ3v) is 3.18. The Bertz CT molecular complexity index is 558. The summed E-state index contributed by atoms with van der Waals surface area (Å²) in [7, 11) is 0. The number of hydrogen-bond acceptors (Lipinski definition) is 4. The summed E-state index contributed by atoms with van der Waals surface area (Å²) in [5.41, 5.74) is 3.13. The molecule has 0 saturated carbocycles. The van der Waals surface area contributed by atoms with Gasteiger partial charge in [0.2, 0.25) is 0 Å². The lowest BCUT2D eigenvalue weighted by atomic mass is 9.92. The lowest BCUT2D eigenvalue weighted by molar-refractivity contribution is -0.139. The monoisotopic (exact) mass is 260 g/mol. The highest BCUT2D eigenvalue weighted by Gasteiger charge is 2.25. The zero-order valence-electron chi connectivity index (χ0n) is 11.1. The molecule has 0 aliphatic carbocycles. The number of Topliss-reactive ketones (excluding diaryl/α,β-unsaturated/α-hetero) is 1. The Morgan fingerprint density at radius 1 is 1.47 bits per heavy atom. The molecule has 0 saturated heterocycles. The molecule has 0 unspecified atom stereocenters. The smallest absolute Gasteiger partial charge is 0.330 e. The maximum absolute atomic E-state index is 12.1. The highest BCUT2D eigenvalue weighted by atomic mass is 16.5. The van der Waals surface area contributed by atoms with Crippen LogP contribution in [0, 0.1) is 13.8 Å². The van der Waals surface area contributed by atoms with Crippen LogP contribution < -0.4 is 4.74 Å². The molecule has 1 aliphatic heterocycles. The minimum absolute atomic E-state index is 0.0395. The van der Waals surface area contributed by atoms with E-state index in [1.807, 2.05) is 19.9 Å². The molecule has 1 aromatic carbocycles. The third-order valence-electron chi connectivity index (χ3n) is 3.18. The summed E-state index contributed by atoms with van der Waals surface area (Å²) in [6.45, 7) is 7.62. The molecule has 19 heavy (non-hydrogen) atoms. The van der Waals surface area contributed by atoms with Gasteiger partial charge in [0, 0.05) is 18.1 Å². The van der Waals surface area contributed by atoms with Gasteiger partial charge in [-0.2, -0.15) is 0 Å². The van der Waals surface area contributed by atoms with Crippen LogP contribution in [-0.4, -0.2) is 18.4 Å². The van der Waals surface area contributed by atoms with Gasteiger partial charge in [0.05, 0.1) is 12.2 Å². The molecule has 0 aromatic heterocycles. The molecule has 0 amide bonds. The quantitative estimate of drug-likeness (QED) is 0.619. The van der Waals surface area contributed by atoms with Crippen LogP contribution in [0.1, 0.15) is 33.5 Å². The van der Waals surface area contributed by atoms with Gasteiger partial charge >= 0.3 is 5.97 Å². The molecule has 4 nitrogen and oxygen atoms in total. The van der Waals surface area contributed by atoms with Crippen molar-refractivity contribution in [2.45, 2.75) is 26.9 Å². The van der Waals surface area contributed by atoms with Crippen molar-refractivity contribution in [3.05, 3.63) is 41.0 Å². The van der Waals surface area contributed by atoms with Crippen molar-refractivity contribution in [1.82, 2.24) is 0 Å². The number of aryl methyl sites for hydroxylation is 2. The molecular weight excluding hydrogens is 244 g/mol. The molecule has 0 atom stereocenters. The molecule has 1 aromatic rings. The normalized spacial score (nSPS) is 13.5. The van der Waals surface area contributed by atoms with E-state index in [0.717, 1.165) is 22.8 Å². The summed E-state index contributed by atoms with van der Waals surface area (Å²) < 4.78 is 10.6. The average molecular weight is 260 g/mol. The van der Waals surface area contributed by atoms with E-state index < -0.39 is 5.97 Å². The van der Waals surface area contributed by atoms with Gasteiger partial charge in [0.1, 0.15) is 12.4 Å². The first-order valence-corrected chi connectivity index (χ1v) is 6.13. The van der Waals surface area contributed by atoms with Gasteiger partial charge in [-0.25, -0.2) is 4.79 Å². The van der Waals surface area contributed by atoms with Gasteiger partial charge in [0.15, 0.2) is 5.78 Å². The first-order chi connectivity index (χ1) is 9.04. The van der Waals surface area contributed by atoms with Gasteiger partial charge in [-0.1, -0.05) is 12.6 Å². The van der Waals surface area contributed by atoms with Crippen LogP contribution in [0.25, 0.3) is 0 Å². The molecule has 0 fully saturated rings. The summed E-state index contributed by atoms with van der Waals surface area (Å²) in [4.78, 5) is 23.2. The number of ether oxygens (including phenoxy) is 2. The Balaban J connectivity index is 2.44. The van der Waals surface area contributed by atoms with Crippen molar-refractivity contribution in [3.8, 4) is 5.75 Å². The standard InChI is InChI=1S/C15H16O4/c1-4-13(17)19-8-11-9(2)7-10(3)15-14(11)12(16)5-6-18-15/h4,7H,1,5-6,8H2,2-3H3. The molecule has 0 radical (unpaired) electrons. The number of rotatable bonds is 3. The molecule has 0 bridgehead atoms. The zero-order chi connectivity index (χ0) is 14.0. The second-order valence-corrected chi connectivity index (χ2v) is 4.53. The van der Waals surface area contributed by atoms with E-state index in [1.54, 1.807) is 0 Å². The van der Waals surface area contributed by atoms with Crippen LogP contribution >= 0.6 is 0 Å². The fourth-order valence-electron chi connectivity index (χ4n) is 2.25. The van der Waals surface area contributed by atoms with Gasteiger partial charge in [-0.15, -0.1) is 0 Å². The molecule has 1 heterocycles. The summed E-state index contributed by atoms with van der Waals surface area (Å²) >= 11 is 0. The minimum atomic E-state index is -0.502. The van der Waals surface area contributed by atoms with Gasteiger partial charge in [0.25, 0.3) is 0 Å². The van der Waals surface area contributed by atoms with Crippen LogP contribution in [0.4, 0.5) is 0 Å². The number of carbonyl (C=O) groups excluding carboxylic acids is 2. The zero-order valence-corrected chi connectivity index (χ0v) is 11.1. The van der Waals surface area contributed by atoms with Crippen molar-refractivity contribution < 1.29 is 19.1 Å². The number of carbonyl (C=O) groups is 2. The Morgan fingerprint density at radius 3 is 2.89 bits per heavy atom. The van der Waals surface area contributed by atoms with Crippen LogP contribution in [0.3, 0.4) is 0 Å². The molecular formula is C15H16O4. The van der Waals surface area contributed by atoms with E-state index in [-0.39, 0.29) is 12.4 Å². The van der Waals surface area contributed by atoms with E-state index >= 15 is 0 Å². The Morgan fingerprint density at radius 2 is 2.21 bits per heavy atom. The van der Waals surface area contributed by atoms with E-state index in [4.69, 9.17) is 9.47 Å². The Kier molecular flexibility index (Phi) is 3.69. The fourth-order valence-corrected chi connectivity index (χ4v) is 2.25. The van der Waals surface area contributed by atoms with E-state index in [0.29, 0.717) is 24.3 Å². The van der Waals surface area contributed by atoms with E-state index in [1.165, 1.54) is 0 Å². The second kappa shape index (κ2) is 5.26. The number of esters is 1. The molecule has 4 heteroatoms. The largest absolute Gasteiger partial charge is 0.492 e. The summed E-state index contributed by atoms with van der Waals surface area (Å²) in [5.74, 6) is 0.155. The SMILES string of the molecule is C=CC(=O)OCc1c(C)cc(C)c2c1C(=O)CCO2. The number of benzene rings is 1. The first-order valence-electron chi connectivity index (χ1n) is 6.13. The van der Waals surface area contributed by atoms with Crippen molar-refractivity contribution in [2.75, 3.05) is 6.61 Å². The Labute approximate surface area is 112 Å². The second-order valence-electron chi connectivity index (χ2n) is 4.53. The van der Waals surface area contributed by atoms with Crippen LogP contribution in [-0.2, 0) is 16.1 Å². The topological polar surface area (TPSA) is 52.6 Å². The van der Waals surface area contributed by atoms with Crippen molar-refractivity contribution in [3.63, 3.8) is 0 Å². The maximum atomic E-state index is 12.1. The number of ketones is 1. The fraction of sp³-hybridized carbons (Fsp3) is 0.333. The maximum Gasteiger partial charge on any atom is 0.330 e. The number of hydrogen-bond donors (Lipinski definition) is 0. The Hall–Kier alpha value is -2.10. The van der Waals surface area contributed by atoms with Crippen molar-refractivity contribution in [2.24, 2.45) is 0 Å². The average Bonchev–Trinajstić information content (AvgIpc) is 2.38. The van der Waals surface area contributed by atoms with Gasteiger partial charge in [-0.05, 0) is 25.0 Å². The lowest BCUT2D eigenvalue weighted by Crippen LogP contribution is -2.20. The molecule has 100 valence electrons. The van der Waals surface area contributed by atoms with Crippen molar-refractivity contribution >= 4 is 11.8 Å². The van der Waals surface area contributed by atoms with Crippen molar-refractivity contribution in [1.29, 1.82) is 0 Å². The predicted octanol–water partition coefficient (Wildman–Crippen LogP) is 2.50. The van der Waals surface area contributed by atoms with Gasteiger partial charge < -0.3 is 9.47 Å². The van der Waals surface area contributed by atoms with E-state index in [2.05, 4.69) is 6.58 Å². The highest BCUT2D eigenvalue weighted by molar-refractivity contribution is 6.01. The minimum Gasteiger partial charge on any atom is -0.492 e. The summed E-state index contributed by atoms with van der Waals surface area (Å²) in [5, 5.41) is 0.